The number of rotatable bonds is 14. The molecule has 1 heterocycles. The molecular weight excluding hydrogens is 556 g/mol. The molecule has 3 aromatic rings. The minimum Gasteiger partial charge on any atom is -0.497 e. The van der Waals surface area contributed by atoms with Crippen molar-refractivity contribution in [3.63, 3.8) is 0 Å². The third-order valence-corrected chi connectivity index (χ3v) is 8.45. The minimum atomic E-state index is -4.15. The van der Waals surface area contributed by atoms with Gasteiger partial charge in [0.15, 0.2) is 0 Å². The quantitative estimate of drug-likeness (QED) is 0.292. The number of thiazole rings is 1. The van der Waals surface area contributed by atoms with Crippen LogP contribution in [-0.2, 0) is 23.2 Å². The van der Waals surface area contributed by atoms with Gasteiger partial charge in [0.2, 0.25) is 0 Å². The summed E-state index contributed by atoms with van der Waals surface area (Å²) in [5.74, 6) is -0.201. The summed E-state index contributed by atoms with van der Waals surface area (Å²) in [5, 5.41) is 9.50. The lowest BCUT2D eigenvalue weighted by atomic mass is 10.1. The monoisotopic (exact) mass is 590 g/mol. The number of nitrogens with zero attached hydrogens (tertiary/aromatic N) is 3. The van der Waals surface area contributed by atoms with E-state index in [2.05, 4.69) is 4.98 Å². The van der Waals surface area contributed by atoms with Gasteiger partial charge in [-0.2, -0.15) is 12.7 Å². The van der Waals surface area contributed by atoms with Gasteiger partial charge in [-0.15, -0.1) is 11.3 Å². The molecule has 2 aromatic carbocycles. The highest BCUT2D eigenvalue weighted by atomic mass is 32.2. The van der Waals surface area contributed by atoms with Crippen LogP contribution in [0.3, 0.4) is 0 Å². The number of hydrogen-bond acceptors (Lipinski definition) is 9. The van der Waals surface area contributed by atoms with Gasteiger partial charge in [0, 0.05) is 36.6 Å². The number of amides is 2. The zero-order chi connectivity index (χ0) is 29.3. The number of aryl methyl sites for hydroxylation is 2. The number of carbonyl (C=O) groups is 2. The number of nitrogens with one attached hydrogen (secondary N) is 1. The van der Waals surface area contributed by atoms with Crippen LogP contribution in [0.1, 0.15) is 42.7 Å². The van der Waals surface area contributed by atoms with Crippen molar-refractivity contribution in [2.75, 3.05) is 41.0 Å². The zero-order valence-corrected chi connectivity index (χ0v) is 24.5. The normalized spacial score (nSPS) is 11.3. The lowest BCUT2D eigenvalue weighted by Crippen LogP contribution is -2.42. The molecular formula is C27H34N4O7S2. The van der Waals surface area contributed by atoms with Gasteiger partial charge in [-0.05, 0) is 37.5 Å². The van der Waals surface area contributed by atoms with E-state index in [1.54, 1.807) is 30.0 Å². The van der Waals surface area contributed by atoms with Crippen LogP contribution in [-0.4, -0.2) is 80.5 Å². The van der Waals surface area contributed by atoms with Crippen LogP contribution < -0.4 is 14.2 Å². The van der Waals surface area contributed by atoms with Crippen molar-refractivity contribution in [1.29, 1.82) is 0 Å². The summed E-state index contributed by atoms with van der Waals surface area (Å²) in [4.78, 5) is 33.0. The van der Waals surface area contributed by atoms with E-state index < -0.39 is 22.7 Å². The first-order valence-corrected chi connectivity index (χ1v) is 14.8. The second-order valence-electron chi connectivity index (χ2n) is 8.91. The van der Waals surface area contributed by atoms with Crippen molar-refractivity contribution in [2.24, 2.45) is 0 Å². The standard InChI is InChI=1S/C27H34N4O7S2/c1-19-25(26(33)29-40(35,36)30(2)13-14-32)28-24(39-19)18-31(12-8-11-20-9-6-5-7-10-20)27(34)21-15-22(37-3)17-23(16-21)38-4/h5-7,9-10,15-17,32H,8,11-14,18H2,1-4H3,(H,29,33). The lowest BCUT2D eigenvalue weighted by Gasteiger charge is -2.22. The highest BCUT2D eigenvalue weighted by molar-refractivity contribution is 7.87. The summed E-state index contributed by atoms with van der Waals surface area (Å²) in [6.07, 6.45) is 1.44. The molecule has 0 aliphatic rings. The molecule has 0 radical (unpaired) electrons. The Kier molecular flexibility index (Phi) is 11.0. The average Bonchev–Trinajstić information content (AvgIpc) is 3.32. The first kappa shape index (κ1) is 31.0. The molecule has 0 aliphatic heterocycles. The van der Waals surface area contributed by atoms with E-state index in [1.165, 1.54) is 32.6 Å². The second kappa shape index (κ2) is 14.2. The van der Waals surface area contributed by atoms with Crippen molar-refractivity contribution in [2.45, 2.75) is 26.3 Å². The van der Waals surface area contributed by atoms with Crippen LogP contribution in [0, 0.1) is 6.92 Å². The number of methoxy groups -OCH3 is 2. The summed E-state index contributed by atoms with van der Waals surface area (Å²) in [7, 11) is 0.111. The van der Waals surface area contributed by atoms with E-state index in [0.717, 1.165) is 16.3 Å². The Labute approximate surface area is 238 Å². The molecule has 11 nitrogen and oxygen atoms in total. The molecule has 3 rings (SSSR count). The molecule has 0 unspecified atom stereocenters. The van der Waals surface area contributed by atoms with E-state index in [9.17, 15) is 18.0 Å². The van der Waals surface area contributed by atoms with Crippen LogP contribution >= 0.6 is 11.3 Å². The molecule has 216 valence electrons. The molecule has 40 heavy (non-hydrogen) atoms. The van der Waals surface area contributed by atoms with Crippen molar-refractivity contribution < 1.29 is 32.6 Å². The average molecular weight is 591 g/mol. The summed E-state index contributed by atoms with van der Waals surface area (Å²) in [5.41, 5.74) is 1.48. The molecule has 1 aromatic heterocycles. The summed E-state index contributed by atoms with van der Waals surface area (Å²) in [6.45, 7) is 1.63. The number of likely N-dealkylation sites (N-methyl/N-ethyl adjacent to an activating group) is 1. The molecule has 2 amide bonds. The van der Waals surface area contributed by atoms with Gasteiger partial charge in [0.25, 0.3) is 11.8 Å². The molecule has 0 saturated carbocycles. The number of aliphatic hydroxyl groups is 1. The largest absolute Gasteiger partial charge is 0.497 e. The first-order chi connectivity index (χ1) is 19.1. The second-order valence-corrected chi connectivity index (χ2v) is 12.0. The molecule has 0 bridgehead atoms. The SMILES string of the molecule is COc1cc(OC)cc(C(=O)N(CCCc2ccccc2)Cc2nc(C(=O)NS(=O)(=O)N(C)CCO)c(C)s2)c1. The predicted octanol–water partition coefficient (Wildman–Crippen LogP) is 2.64. The fourth-order valence-electron chi connectivity index (χ4n) is 3.88. The van der Waals surface area contributed by atoms with E-state index in [0.29, 0.717) is 39.9 Å². The fraction of sp³-hybridized carbons (Fsp3) is 0.370. The first-order valence-electron chi connectivity index (χ1n) is 12.5. The van der Waals surface area contributed by atoms with Crippen LogP contribution in [0.25, 0.3) is 0 Å². The van der Waals surface area contributed by atoms with Gasteiger partial charge < -0.3 is 19.5 Å². The van der Waals surface area contributed by atoms with Gasteiger partial charge >= 0.3 is 10.2 Å². The van der Waals surface area contributed by atoms with Crippen LogP contribution in [0.5, 0.6) is 11.5 Å². The Bertz CT molecular complexity index is 1390. The molecule has 13 heteroatoms. The number of hydrogen-bond donors (Lipinski definition) is 2. The predicted molar refractivity (Wildman–Crippen MR) is 152 cm³/mol. The Morgan fingerprint density at radius 3 is 2.30 bits per heavy atom. The maximum Gasteiger partial charge on any atom is 0.303 e. The number of ether oxygens (including phenoxy) is 2. The maximum absolute atomic E-state index is 13.7. The van der Waals surface area contributed by atoms with Gasteiger partial charge in [0.1, 0.15) is 22.2 Å². The third kappa shape index (κ3) is 8.24. The molecule has 0 saturated heterocycles. The van der Waals surface area contributed by atoms with Gasteiger partial charge in [-0.3, -0.25) is 9.59 Å². The maximum atomic E-state index is 13.7. The van der Waals surface area contributed by atoms with Gasteiger partial charge in [-0.1, -0.05) is 30.3 Å². The van der Waals surface area contributed by atoms with E-state index in [4.69, 9.17) is 14.6 Å². The Morgan fingerprint density at radius 1 is 1.05 bits per heavy atom. The number of aliphatic hydroxyl groups excluding tert-OH is 1. The molecule has 0 spiro atoms. The van der Waals surface area contributed by atoms with Crippen LogP contribution in [0.2, 0.25) is 0 Å². The molecule has 2 N–H and O–H groups in total. The van der Waals surface area contributed by atoms with E-state index in [-0.39, 0.29) is 24.7 Å². The number of benzene rings is 2. The fourth-order valence-corrected chi connectivity index (χ4v) is 5.64. The molecule has 0 atom stereocenters. The molecule has 0 fully saturated rings. The van der Waals surface area contributed by atoms with Gasteiger partial charge in [-0.25, -0.2) is 9.71 Å². The lowest BCUT2D eigenvalue weighted by molar-refractivity contribution is 0.0740. The number of carbonyl (C=O) groups excluding carboxylic acids is 2. The zero-order valence-electron chi connectivity index (χ0n) is 22.9. The summed E-state index contributed by atoms with van der Waals surface area (Å²) in [6, 6.07) is 14.9. The summed E-state index contributed by atoms with van der Waals surface area (Å²) < 4.78 is 38.2. The molecule has 0 aliphatic carbocycles. The Hall–Kier alpha value is -3.52. The third-order valence-electron chi connectivity index (χ3n) is 6.05. The van der Waals surface area contributed by atoms with Crippen molar-refractivity contribution in [1.82, 2.24) is 18.9 Å². The van der Waals surface area contributed by atoms with E-state index in [1.807, 2.05) is 35.1 Å². The van der Waals surface area contributed by atoms with Gasteiger partial charge in [0.05, 0.1) is 27.4 Å². The number of aromatic nitrogens is 1. The van der Waals surface area contributed by atoms with Crippen LogP contribution in [0.15, 0.2) is 48.5 Å². The Balaban J connectivity index is 1.84. The summed E-state index contributed by atoms with van der Waals surface area (Å²) >= 11 is 1.21. The highest BCUT2D eigenvalue weighted by Gasteiger charge is 2.26. The topological polar surface area (TPSA) is 138 Å². The van der Waals surface area contributed by atoms with Crippen molar-refractivity contribution in [3.8, 4) is 11.5 Å². The minimum absolute atomic E-state index is 0.0410. The smallest absolute Gasteiger partial charge is 0.303 e. The van der Waals surface area contributed by atoms with Crippen LogP contribution in [0.4, 0.5) is 0 Å². The van der Waals surface area contributed by atoms with Crippen molar-refractivity contribution in [3.05, 3.63) is 75.2 Å². The van der Waals surface area contributed by atoms with E-state index >= 15 is 0 Å². The highest BCUT2D eigenvalue weighted by Crippen LogP contribution is 2.25. The van der Waals surface area contributed by atoms with Crippen molar-refractivity contribution >= 4 is 33.4 Å². The Morgan fingerprint density at radius 2 is 1.70 bits per heavy atom.